The van der Waals surface area contributed by atoms with Crippen molar-refractivity contribution in [3.63, 3.8) is 0 Å². The van der Waals surface area contributed by atoms with Crippen molar-refractivity contribution in [2.24, 2.45) is 0 Å². The zero-order chi connectivity index (χ0) is 19.7. The highest BCUT2D eigenvalue weighted by Gasteiger charge is 2.19. The summed E-state index contributed by atoms with van der Waals surface area (Å²) in [6.45, 7) is -2.89. The number of halogens is 2. The maximum atomic E-state index is 12.9. The molecule has 0 bridgehead atoms. The molecule has 2 heterocycles. The number of carbonyl (C=O) groups excluding carboxylic acids is 1. The molecule has 0 unspecified atom stereocenters. The molecule has 3 aromatic rings. The lowest BCUT2D eigenvalue weighted by molar-refractivity contribution is -0.132. The number of amides is 1. The van der Waals surface area contributed by atoms with Crippen molar-refractivity contribution < 1.29 is 22.7 Å². The zero-order valence-electron chi connectivity index (χ0n) is 15.5. The van der Waals surface area contributed by atoms with Crippen LogP contribution in [0.2, 0.25) is 0 Å². The number of hydrogen-bond acceptors (Lipinski definition) is 4. The Morgan fingerprint density at radius 1 is 1.36 bits per heavy atom. The Morgan fingerprint density at radius 2 is 2.18 bits per heavy atom. The largest absolute Gasteiger partial charge is 0.484 e. The highest BCUT2D eigenvalue weighted by atomic mass is 19.3. The molecule has 148 valence electrons. The number of nitrogens with zero attached hydrogens (tertiary/aromatic N) is 3. The van der Waals surface area contributed by atoms with Crippen LogP contribution in [0.15, 0.2) is 35.0 Å². The predicted molar refractivity (Wildman–Crippen MR) is 98.3 cm³/mol. The number of carbonyl (C=O) groups is 1. The van der Waals surface area contributed by atoms with Crippen molar-refractivity contribution in [3.8, 4) is 5.75 Å². The van der Waals surface area contributed by atoms with Gasteiger partial charge in [0.25, 0.3) is 5.91 Å². The van der Waals surface area contributed by atoms with E-state index in [1.165, 1.54) is 29.9 Å². The summed E-state index contributed by atoms with van der Waals surface area (Å²) in [5.41, 5.74) is 2.07. The van der Waals surface area contributed by atoms with Gasteiger partial charge in [-0.1, -0.05) is 0 Å². The topological polar surface area (TPSA) is 60.5 Å². The number of ether oxygens (including phenoxy) is 1. The third kappa shape index (κ3) is 3.58. The molecule has 0 N–H and O–H groups in total. The van der Waals surface area contributed by atoms with Gasteiger partial charge in [-0.3, -0.25) is 9.36 Å². The summed E-state index contributed by atoms with van der Waals surface area (Å²) in [5.74, 6) is 1.43. The van der Waals surface area contributed by atoms with Gasteiger partial charge >= 0.3 is 6.55 Å². The molecule has 6 nitrogen and oxygen atoms in total. The number of hydrogen-bond donors (Lipinski definition) is 0. The van der Waals surface area contributed by atoms with Crippen LogP contribution in [-0.4, -0.2) is 34.0 Å². The minimum absolute atomic E-state index is 0.0200. The van der Waals surface area contributed by atoms with Crippen molar-refractivity contribution >= 4 is 16.9 Å². The van der Waals surface area contributed by atoms with Gasteiger partial charge in [-0.25, -0.2) is 4.98 Å². The minimum Gasteiger partial charge on any atom is -0.484 e. The lowest BCUT2D eigenvalue weighted by Crippen LogP contribution is -2.32. The summed E-state index contributed by atoms with van der Waals surface area (Å²) in [6.07, 6.45) is 6.71. The van der Waals surface area contributed by atoms with E-state index in [0.29, 0.717) is 5.75 Å². The predicted octanol–water partition coefficient (Wildman–Crippen LogP) is 3.94. The second-order valence-electron chi connectivity index (χ2n) is 6.94. The summed E-state index contributed by atoms with van der Waals surface area (Å²) in [5, 5.41) is 1.03. The first-order valence-corrected chi connectivity index (χ1v) is 9.24. The molecule has 0 radical (unpaired) electrons. The van der Waals surface area contributed by atoms with Crippen LogP contribution in [0.1, 0.15) is 36.5 Å². The van der Waals surface area contributed by atoms with Gasteiger partial charge in [0.2, 0.25) is 0 Å². The van der Waals surface area contributed by atoms with Crippen molar-refractivity contribution in [1.82, 2.24) is 14.5 Å². The molecule has 0 saturated heterocycles. The SMILES string of the molecule is CN(Cc1nccn1C(F)F)C(=O)COc1ccc2oc3c(c2c1)CCCC3. The monoisotopic (exact) mass is 389 g/mol. The first-order valence-electron chi connectivity index (χ1n) is 9.24. The van der Waals surface area contributed by atoms with Gasteiger partial charge in [-0.2, -0.15) is 8.78 Å². The molecule has 0 saturated carbocycles. The first kappa shape index (κ1) is 18.5. The summed E-state index contributed by atoms with van der Waals surface area (Å²) in [6, 6.07) is 5.53. The molecule has 1 aromatic carbocycles. The van der Waals surface area contributed by atoms with Crippen molar-refractivity contribution in [2.45, 2.75) is 38.8 Å². The second-order valence-corrected chi connectivity index (χ2v) is 6.94. The molecular formula is C20H21F2N3O3. The molecule has 0 fully saturated rings. The van der Waals surface area contributed by atoms with Crippen LogP contribution in [0.25, 0.3) is 11.0 Å². The first-order chi connectivity index (χ1) is 13.5. The van der Waals surface area contributed by atoms with E-state index in [9.17, 15) is 13.6 Å². The van der Waals surface area contributed by atoms with Gasteiger partial charge in [-0.05, 0) is 37.5 Å². The number of rotatable bonds is 6. The fourth-order valence-electron chi connectivity index (χ4n) is 3.53. The third-order valence-electron chi connectivity index (χ3n) is 5.05. The highest BCUT2D eigenvalue weighted by molar-refractivity contribution is 5.84. The lowest BCUT2D eigenvalue weighted by Gasteiger charge is -2.18. The molecule has 4 rings (SSSR count). The van der Waals surface area contributed by atoms with Gasteiger partial charge in [0.15, 0.2) is 6.61 Å². The van der Waals surface area contributed by atoms with Crippen molar-refractivity contribution in [1.29, 1.82) is 0 Å². The fourth-order valence-corrected chi connectivity index (χ4v) is 3.53. The number of likely N-dealkylation sites (N-methyl/N-ethyl adjacent to an activating group) is 1. The van der Waals surface area contributed by atoms with Crippen LogP contribution in [0, 0.1) is 0 Å². The Bertz CT molecular complexity index is 996. The molecule has 1 aliphatic carbocycles. The maximum Gasteiger partial charge on any atom is 0.319 e. The average Bonchev–Trinajstić information content (AvgIpc) is 3.30. The summed E-state index contributed by atoms with van der Waals surface area (Å²) in [7, 11) is 1.53. The van der Waals surface area contributed by atoms with Gasteiger partial charge in [-0.15, -0.1) is 0 Å². The molecule has 1 aliphatic rings. The Labute approximate surface area is 160 Å². The molecule has 28 heavy (non-hydrogen) atoms. The normalized spacial score (nSPS) is 13.7. The summed E-state index contributed by atoms with van der Waals surface area (Å²) >= 11 is 0. The molecular weight excluding hydrogens is 368 g/mol. The van der Waals surface area contributed by atoms with Crippen molar-refractivity contribution in [2.75, 3.05) is 13.7 Å². The van der Waals surface area contributed by atoms with Gasteiger partial charge in [0.1, 0.15) is 22.9 Å². The van der Waals surface area contributed by atoms with Crippen LogP contribution in [0.5, 0.6) is 5.75 Å². The number of aromatic nitrogens is 2. The van der Waals surface area contributed by atoms with E-state index in [0.717, 1.165) is 47.0 Å². The minimum atomic E-state index is -2.69. The number of fused-ring (bicyclic) bond motifs is 3. The lowest BCUT2D eigenvalue weighted by atomic mass is 9.96. The number of benzene rings is 1. The van der Waals surface area contributed by atoms with Crippen LogP contribution in [0.4, 0.5) is 8.78 Å². The van der Waals surface area contributed by atoms with Gasteiger partial charge < -0.3 is 14.1 Å². The average molecular weight is 389 g/mol. The van der Waals surface area contributed by atoms with E-state index in [1.54, 1.807) is 6.07 Å². The number of aryl methyl sites for hydroxylation is 2. The van der Waals surface area contributed by atoms with E-state index < -0.39 is 6.55 Å². The Morgan fingerprint density at radius 3 is 3.00 bits per heavy atom. The number of imidazole rings is 1. The molecule has 1 amide bonds. The standard InChI is InChI=1S/C20H21F2N3O3/c1-24(11-18-23-8-9-25(18)20(21)22)19(26)12-27-13-6-7-17-15(10-13)14-4-2-3-5-16(14)28-17/h6-10,20H,2-5,11-12H2,1H3. The van der Waals surface area contributed by atoms with E-state index in [2.05, 4.69) is 4.98 Å². The number of furan rings is 1. The zero-order valence-corrected chi connectivity index (χ0v) is 15.5. The van der Waals surface area contributed by atoms with Crippen LogP contribution in [0.3, 0.4) is 0 Å². The smallest absolute Gasteiger partial charge is 0.319 e. The maximum absolute atomic E-state index is 12.9. The van der Waals surface area contributed by atoms with Crippen LogP contribution < -0.4 is 4.74 Å². The third-order valence-corrected chi connectivity index (χ3v) is 5.05. The number of alkyl halides is 2. The molecule has 8 heteroatoms. The second kappa shape index (κ2) is 7.61. The Kier molecular flexibility index (Phi) is 5.02. The molecule has 0 aliphatic heterocycles. The fraction of sp³-hybridized carbons (Fsp3) is 0.400. The van der Waals surface area contributed by atoms with Gasteiger partial charge in [0.05, 0.1) is 6.54 Å². The van der Waals surface area contributed by atoms with Gasteiger partial charge in [0, 0.05) is 36.8 Å². The quantitative estimate of drug-likeness (QED) is 0.641. The molecule has 2 aromatic heterocycles. The summed E-state index contributed by atoms with van der Waals surface area (Å²) < 4.78 is 38.1. The highest BCUT2D eigenvalue weighted by Crippen LogP contribution is 2.33. The van der Waals surface area contributed by atoms with E-state index >= 15 is 0 Å². The van der Waals surface area contributed by atoms with Crippen LogP contribution >= 0.6 is 0 Å². The Balaban J connectivity index is 1.41. The molecule has 0 atom stereocenters. The van der Waals surface area contributed by atoms with Crippen molar-refractivity contribution in [3.05, 3.63) is 47.7 Å². The Hall–Kier alpha value is -2.90. The van der Waals surface area contributed by atoms with E-state index in [-0.39, 0.29) is 24.9 Å². The van der Waals surface area contributed by atoms with E-state index in [1.807, 2.05) is 12.1 Å². The summed E-state index contributed by atoms with van der Waals surface area (Å²) in [4.78, 5) is 17.5. The molecule has 0 spiro atoms. The van der Waals surface area contributed by atoms with E-state index in [4.69, 9.17) is 9.15 Å². The van der Waals surface area contributed by atoms with Crippen LogP contribution in [-0.2, 0) is 24.2 Å².